The van der Waals surface area contributed by atoms with Crippen molar-refractivity contribution in [3.05, 3.63) is 35.9 Å². The summed E-state index contributed by atoms with van der Waals surface area (Å²) < 4.78 is 5.53. The second-order valence-electron chi connectivity index (χ2n) is 7.55. The summed E-state index contributed by atoms with van der Waals surface area (Å²) in [5, 5.41) is 1.16. The van der Waals surface area contributed by atoms with Gasteiger partial charge in [-0.15, -0.1) is 0 Å². The number of carbonyl (C=O) groups is 1. The number of likely N-dealkylation sites (tertiary alicyclic amines) is 1. The highest BCUT2D eigenvalue weighted by atomic mass is 16.5. The van der Waals surface area contributed by atoms with Gasteiger partial charge in [-0.1, -0.05) is 24.6 Å². The average molecular weight is 368 g/mol. The number of anilines is 1. The molecule has 0 saturated carbocycles. The maximum atomic E-state index is 11.5. The second-order valence-corrected chi connectivity index (χ2v) is 7.55. The minimum absolute atomic E-state index is 0.211. The van der Waals surface area contributed by atoms with Gasteiger partial charge in [-0.25, -0.2) is 4.98 Å². The van der Waals surface area contributed by atoms with Crippen LogP contribution >= 0.6 is 0 Å². The first kappa shape index (κ1) is 18.2. The number of carbonyl (C=O) groups excluding carboxylic acids is 1. The summed E-state index contributed by atoms with van der Waals surface area (Å²) >= 11 is 0. The number of aromatic nitrogens is 1. The maximum Gasteiger partial charge on any atom is 0.218 e. The zero-order valence-electron chi connectivity index (χ0n) is 15.8. The number of nitrogens with zero attached hydrogens (tertiary/aromatic N) is 3. The van der Waals surface area contributed by atoms with E-state index in [0.29, 0.717) is 6.42 Å². The Bertz CT molecular complexity index is 804. The summed E-state index contributed by atoms with van der Waals surface area (Å²) in [6.07, 6.45) is 3.81. The molecule has 2 saturated heterocycles. The number of primary amides is 1. The number of morpholine rings is 1. The molecule has 0 unspecified atom stereocenters. The van der Waals surface area contributed by atoms with Crippen LogP contribution in [0.3, 0.4) is 0 Å². The predicted octanol–water partition coefficient (Wildman–Crippen LogP) is 2.30. The first-order valence-corrected chi connectivity index (χ1v) is 9.94. The standard InChI is InChI=1S/C21H28N4O2/c22-20(26)14-18-6-3-4-8-25(18)15-17-13-16-5-1-2-7-19(16)23-21(17)24-9-11-27-12-10-24/h1-2,5,7,13,18H,3-4,6,8-12,14-15H2,(H2,22,26)/t18-/m1/s1. The number of pyridine rings is 1. The van der Waals surface area contributed by atoms with Crippen LogP contribution in [-0.2, 0) is 16.1 Å². The van der Waals surface area contributed by atoms with Gasteiger partial charge in [0, 0.05) is 43.0 Å². The topological polar surface area (TPSA) is 71.7 Å². The second kappa shape index (κ2) is 8.23. The molecule has 144 valence electrons. The van der Waals surface area contributed by atoms with E-state index < -0.39 is 0 Å². The lowest BCUT2D eigenvalue weighted by Crippen LogP contribution is -2.42. The Hall–Kier alpha value is -2.18. The molecule has 1 atom stereocenters. The molecule has 0 radical (unpaired) electrons. The van der Waals surface area contributed by atoms with Crippen molar-refractivity contribution in [1.82, 2.24) is 9.88 Å². The number of para-hydroxylation sites is 1. The normalized spacial score (nSPS) is 21.5. The van der Waals surface area contributed by atoms with Gasteiger partial charge >= 0.3 is 0 Å². The zero-order chi connectivity index (χ0) is 18.6. The van der Waals surface area contributed by atoms with E-state index >= 15 is 0 Å². The minimum atomic E-state index is -0.211. The summed E-state index contributed by atoms with van der Waals surface area (Å²) in [7, 11) is 0. The number of hydrogen-bond acceptors (Lipinski definition) is 5. The van der Waals surface area contributed by atoms with E-state index in [2.05, 4.69) is 34.1 Å². The Kier molecular flexibility index (Phi) is 5.55. The molecule has 6 heteroatoms. The lowest BCUT2D eigenvalue weighted by atomic mass is 9.98. The summed E-state index contributed by atoms with van der Waals surface area (Å²) in [5.74, 6) is 0.845. The Morgan fingerprint density at radius 1 is 1.19 bits per heavy atom. The lowest BCUT2D eigenvalue weighted by molar-refractivity contribution is -0.119. The third kappa shape index (κ3) is 4.22. The fourth-order valence-corrected chi connectivity index (χ4v) is 4.27. The third-order valence-corrected chi connectivity index (χ3v) is 5.65. The first-order chi connectivity index (χ1) is 13.2. The predicted molar refractivity (Wildman–Crippen MR) is 107 cm³/mol. The molecule has 0 spiro atoms. The average Bonchev–Trinajstić information content (AvgIpc) is 2.69. The number of hydrogen-bond donors (Lipinski definition) is 1. The fourth-order valence-electron chi connectivity index (χ4n) is 4.27. The van der Waals surface area contributed by atoms with Crippen molar-refractivity contribution in [1.29, 1.82) is 0 Å². The van der Waals surface area contributed by atoms with Crippen LogP contribution in [0.2, 0.25) is 0 Å². The molecule has 1 aromatic carbocycles. The van der Waals surface area contributed by atoms with Gasteiger partial charge in [-0.05, 0) is 31.5 Å². The molecule has 0 bridgehead atoms. The van der Waals surface area contributed by atoms with Gasteiger partial charge in [0.25, 0.3) is 0 Å². The highest BCUT2D eigenvalue weighted by Crippen LogP contribution is 2.29. The van der Waals surface area contributed by atoms with Crippen LogP contribution in [0, 0.1) is 0 Å². The van der Waals surface area contributed by atoms with Crippen LogP contribution in [0.4, 0.5) is 5.82 Å². The molecule has 1 amide bonds. The van der Waals surface area contributed by atoms with Crippen molar-refractivity contribution in [3.63, 3.8) is 0 Å². The van der Waals surface area contributed by atoms with Crippen LogP contribution in [0.25, 0.3) is 10.9 Å². The summed E-state index contributed by atoms with van der Waals surface area (Å²) in [4.78, 5) is 21.3. The molecule has 2 aliphatic rings. The van der Waals surface area contributed by atoms with Gasteiger partial charge in [-0.2, -0.15) is 0 Å². The molecule has 2 N–H and O–H groups in total. The molecular weight excluding hydrogens is 340 g/mol. The van der Waals surface area contributed by atoms with Gasteiger partial charge in [0.15, 0.2) is 0 Å². The monoisotopic (exact) mass is 368 g/mol. The maximum absolute atomic E-state index is 11.5. The Morgan fingerprint density at radius 2 is 2.00 bits per heavy atom. The number of rotatable bonds is 5. The molecule has 3 heterocycles. The molecule has 2 fully saturated rings. The molecule has 2 aliphatic heterocycles. The van der Waals surface area contributed by atoms with E-state index in [9.17, 15) is 4.79 Å². The molecule has 2 aromatic rings. The van der Waals surface area contributed by atoms with Crippen LogP contribution in [-0.4, -0.2) is 54.7 Å². The SMILES string of the molecule is NC(=O)C[C@H]1CCCCN1Cc1cc2ccccc2nc1N1CCOCC1. The Balaban J connectivity index is 1.66. The van der Waals surface area contributed by atoms with Gasteiger partial charge in [0.05, 0.1) is 18.7 Å². The van der Waals surface area contributed by atoms with Gasteiger partial charge in [0.2, 0.25) is 5.91 Å². The summed E-state index contributed by atoms with van der Waals surface area (Å²) in [5.41, 5.74) is 7.75. The zero-order valence-corrected chi connectivity index (χ0v) is 15.8. The van der Waals surface area contributed by atoms with E-state index in [1.54, 1.807) is 0 Å². The van der Waals surface area contributed by atoms with Crippen molar-refractivity contribution >= 4 is 22.6 Å². The van der Waals surface area contributed by atoms with E-state index in [-0.39, 0.29) is 11.9 Å². The number of ether oxygens (including phenoxy) is 1. The lowest BCUT2D eigenvalue weighted by Gasteiger charge is -2.36. The molecule has 27 heavy (non-hydrogen) atoms. The number of amides is 1. The molecular formula is C21H28N4O2. The van der Waals surface area contributed by atoms with E-state index in [4.69, 9.17) is 15.5 Å². The minimum Gasteiger partial charge on any atom is -0.378 e. The van der Waals surface area contributed by atoms with Crippen molar-refractivity contribution in [2.45, 2.75) is 38.3 Å². The van der Waals surface area contributed by atoms with Crippen LogP contribution in [0.1, 0.15) is 31.2 Å². The number of nitrogens with two attached hydrogens (primary N) is 1. The summed E-state index contributed by atoms with van der Waals surface area (Å²) in [6, 6.07) is 10.8. The van der Waals surface area contributed by atoms with E-state index in [1.807, 2.05) is 6.07 Å². The smallest absolute Gasteiger partial charge is 0.218 e. The quantitative estimate of drug-likeness (QED) is 0.877. The largest absolute Gasteiger partial charge is 0.378 e. The van der Waals surface area contributed by atoms with E-state index in [1.165, 1.54) is 18.4 Å². The Morgan fingerprint density at radius 3 is 2.81 bits per heavy atom. The van der Waals surface area contributed by atoms with Crippen molar-refractivity contribution in [2.24, 2.45) is 5.73 Å². The fraction of sp³-hybridized carbons (Fsp3) is 0.524. The van der Waals surface area contributed by atoms with Crippen molar-refractivity contribution < 1.29 is 9.53 Å². The molecule has 1 aromatic heterocycles. The van der Waals surface area contributed by atoms with E-state index in [0.717, 1.165) is 62.5 Å². The van der Waals surface area contributed by atoms with Gasteiger partial charge in [-0.3, -0.25) is 9.69 Å². The number of piperidine rings is 1. The Labute approximate surface area is 160 Å². The van der Waals surface area contributed by atoms with Gasteiger partial charge < -0.3 is 15.4 Å². The van der Waals surface area contributed by atoms with Gasteiger partial charge in [0.1, 0.15) is 5.82 Å². The van der Waals surface area contributed by atoms with Crippen LogP contribution in [0.5, 0.6) is 0 Å². The highest BCUT2D eigenvalue weighted by Gasteiger charge is 2.26. The van der Waals surface area contributed by atoms with Crippen LogP contribution in [0.15, 0.2) is 30.3 Å². The van der Waals surface area contributed by atoms with Crippen molar-refractivity contribution in [2.75, 3.05) is 37.7 Å². The molecule has 4 rings (SSSR count). The first-order valence-electron chi connectivity index (χ1n) is 9.94. The molecule has 0 aliphatic carbocycles. The molecule has 6 nitrogen and oxygen atoms in total. The van der Waals surface area contributed by atoms with Crippen molar-refractivity contribution in [3.8, 4) is 0 Å². The summed E-state index contributed by atoms with van der Waals surface area (Å²) in [6.45, 7) is 5.02. The number of benzene rings is 1. The van der Waals surface area contributed by atoms with Crippen LogP contribution < -0.4 is 10.6 Å². The highest BCUT2D eigenvalue weighted by molar-refractivity contribution is 5.82. The number of fused-ring (bicyclic) bond motifs is 1. The third-order valence-electron chi connectivity index (χ3n) is 5.65.